The van der Waals surface area contributed by atoms with Gasteiger partial charge in [-0.25, -0.2) is 0 Å². The predicted molar refractivity (Wildman–Crippen MR) is 76.7 cm³/mol. The van der Waals surface area contributed by atoms with E-state index >= 15 is 0 Å². The quantitative estimate of drug-likeness (QED) is 0.826. The normalized spacial score (nSPS) is 10.4. The van der Waals surface area contributed by atoms with Gasteiger partial charge in [0, 0.05) is 16.3 Å². The van der Waals surface area contributed by atoms with Gasteiger partial charge in [0.05, 0.1) is 5.02 Å². The molecule has 0 radical (unpaired) electrons. The number of halogens is 3. The number of hydrogen-bond donors (Lipinski definition) is 1. The summed E-state index contributed by atoms with van der Waals surface area (Å²) in [5.74, 6) is 0.517. The Bertz CT molecular complexity index is 570. The first-order valence-electron chi connectivity index (χ1n) is 5.18. The molecule has 0 fully saturated rings. The average molecular weight is 303 g/mol. The van der Waals surface area contributed by atoms with Crippen LogP contribution in [-0.4, -0.2) is 0 Å². The maximum Gasteiger partial charge on any atom is 0.139 e. The Morgan fingerprint density at radius 2 is 1.83 bits per heavy atom. The van der Waals surface area contributed by atoms with E-state index in [0.29, 0.717) is 26.5 Å². The third-order valence-electron chi connectivity index (χ3n) is 2.40. The summed E-state index contributed by atoms with van der Waals surface area (Å²) in [4.78, 5) is 0. The minimum Gasteiger partial charge on any atom is -0.487 e. The molecule has 0 saturated carbocycles. The summed E-state index contributed by atoms with van der Waals surface area (Å²) in [6, 6.07) is 10.4. The van der Waals surface area contributed by atoms with E-state index in [9.17, 15) is 0 Å². The molecule has 0 aromatic heterocycles. The maximum absolute atomic E-state index is 6.02. The Morgan fingerprint density at radius 1 is 1.06 bits per heavy atom. The summed E-state index contributed by atoms with van der Waals surface area (Å²) < 4.78 is 5.58. The molecule has 0 atom stereocenters. The summed E-state index contributed by atoms with van der Waals surface area (Å²) in [5, 5.41) is 1.45. The molecule has 0 amide bonds. The van der Waals surface area contributed by atoms with Crippen LogP contribution >= 0.6 is 34.8 Å². The summed E-state index contributed by atoms with van der Waals surface area (Å²) in [6.07, 6.45) is 0. The summed E-state index contributed by atoms with van der Waals surface area (Å²) in [7, 11) is 0. The Labute approximate surface area is 120 Å². The Hall–Kier alpha value is -1.09. The lowest BCUT2D eigenvalue weighted by molar-refractivity contribution is 0.307. The zero-order chi connectivity index (χ0) is 13.1. The fourth-order valence-corrected chi connectivity index (χ4v) is 1.99. The van der Waals surface area contributed by atoms with E-state index in [2.05, 4.69) is 0 Å². The molecular formula is C13H10Cl3NO. The molecule has 0 saturated heterocycles. The van der Waals surface area contributed by atoms with Gasteiger partial charge in [0.25, 0.3) is 0 Å². The average Bonchev–Trinajstić information content (AvgIpc) is 2.35. The van der Waals surface area contributed by atoms with Crippen molar-refractivity contribution in [3.05, 3.63) is 57.0 Å². The second-order valence-corrected chi connectivity index (χ2v) is 4.91. The first-order valence-corrected chi connectivity index (χ1v) is 6.32. The molecule has 18 heavy (non-hydrogen) atoms. The number of hydrogen-bond acceptors (Lipinski definition) is 2. The van der Waals surface area contributed by atoms with E-state index < -0.39 is 0 Å². The molecule has 0 bridgehead atoms. The number of ether oxygens (including phenoxy) is 1. The van der Waals surface area contributed by atoms with Crippen molar-refractivity contribution in [1.29, 1.82) is 0 Å². The van der Waals surface area contributed by atoms with E-state index in [1.54, 1.807) is 36.4 Å². The Balaban J connectivity index is 2.16. The fourth-order valence-electron chi connectivity index (χ4n) is 1.45. The van der Waals surface area contributed by atoms with Crippen LogP contribution in [0.4, 0.5) is 5.69 Å². The van der Waals surface area contributed by atoms with E-state index in [1.165, 1.54) is 0 Å². The van der Waals surface area contributed by atoms with Crippen LogP contribution in [0.2, 0.25) is 15.1 Å². The number of benzene rings is 2. The van der Waals surface area contributed by atoms with Crippen molar-refractivity contribution in [2.24, 2.45) is 0 Å². The molecule has 2 N–H and O–H groups in total. The van der Waals surface area contributed by atoms with Crippen molar-refractivity contribution in [3.8, 4) is 5.75 Å². The topological polar surface area (TPSA) is 35.2 Å². The van der Waals surface area contributed by atoms with Crippen molar-refractivity contribution >= 4 is 40.5 Å². The molecule has 0 aliphatic carbocycles. The minimum absolute atomic E-state index is 0.284. The molecule has 2 nitrogen and oxygen atoms in total. The SMILES string of the molecule is Nc1ccc(Cl)cc1COc1cccc(Cl)c1Cl. The molecule has 0 heterocycles. The van der Waals surface area contributed by atoms with Gasteiger partial charge >= 0.3 is 0 Å². The summed E-state index contributed by atoms with van der Waals surface area (Å²) in [5.41, 5.74) is 7.25. The van der Waals surface area contributed by atoms with E-state index in [4.69, 9.17) is 45.3 Å². The third-order valence-corrected chi connectivity index (χ3v) is 3.44. The fraction of sp³-hybridized carbons (Fsp3) is 0.0769. The highest BCUT2D eigenvalue weighted by molar-refractivity contribution is 6.42. The van der Waals surface area contributed by atoms with Gasteiger partial charge < -0.3 is 10.5 Å². The molecule has 2 rings (SSSR count). The van der Waals surface area contributed by atoms with Crippen LogP contribution in [0.15, 0.2) is 36.4 Å². The van der Waals surface area contributed by atoms with Gasteiger partial charge in [-0.2, -0.15) is 0 Å². The largest absolute Gasteiger partial charge is 0.487 e. The second-order valence-electron chi connectivity index (χ2n) is 3.68. The van der Waals surface area contributed by atoms with Gasteiger partial charge in [-0.1, -0.05) is 40.9 Å². The molecule has 94 valence electrons. The molecule has 0 unspecified atom stereocenters. The number of anilines is 1. The van der Waals surface area contributed by atoms with Crippen LogP contribution < -0.4 is 10.5 Å². The highest BCUT2D eigenvalue weighted by Gasteiger charge is 2.07. The maximum atomic E-state index is 6.02. The molecule has 2 aromatic carbocycles. The van der Waals surface area contributed by atoms with Crippen molar-refractivity contribution < 1.29 is 4.74 Å². The molecular weight excluding hydrogens is 293 g/mol. The number of nitrogens with two attached hydrogens (primary N) is 1. The van der Waals surface area contributed by atoms with Crippen molar-refractivity contribution in [1.82, 2.24) is 0 Å². The third kappa shape index (κ3) is 3.02. The van der Waals surface area contributed by atoms with Gasteiger partial charge in [-0.3, -0.25) is 0 Å². The first kappa shape index (κ1) is 13.3. The van der Waals surface area contributed by atoms with Gasteiger partial charge in [0.2, 0.25) is 0 Å². The molecule has 0 spiro atoms. The van der Waals surface area contributed by atoms with Crippen LogP contribution in [0.1, 0.15) is 5.56 Å². The zero-order valence-corrected chi connectivity index (χ0v) is 11.6. The molecule has 2 aromatic rings. The van der Waals surface area contributed by atoms with Crippen molar-refractivity contribution in [2.45, 2.75) is 6.61 Å². The van der Waals surface area contributed by atoms with Crippen LogP contribution in [0.5, 0.6) is 5.75 Å². The van der Waals surface area contributed by atoms with Gasteiger partial charge in [-0.15, -0.1) is 0 Å². The Kier molecular flexibility index (Phi) is 4.23. The van der Waals surface area contributed by atoms with Gasteiger partial charge in [0.15, 0.2) is 0 Å². The number of rotatable bonds is 3. The monoisotopic (exact) mass is 301 g/mol. The van der Waals surface area contributed by atoms with Crippen LogP contribution in [0, 0.1) is 0 Å². The molecule has 0 aliphatic heterocycles. The smallest absolute Gasteiger partial charge is 0.139 e. The van der Waals surface area contributed by atoms with E-state index in [-0.39, 0.29) is 6.61 Å². The predicted octanol–water partition coefficient (Wildman–Crippen LogP) is 4.81. The lowest BCUT2D eigenvalue weighted by Gasteiger charge is -2.10. The van der Waals surface area contributed by atoms with E-state index in [0.717, 1.165) is 5.56 Å². The number of nitrogen functional groups attached to an aromatic ring is 1. The zero-order valence-electron chi connectivity index (χ0n) is 9.29. The van der Waals surface area contributed by atoms with Gasteiger partial charge in [-0.05, 0) is 30.3 Å². The molecule has 5 heteroatoms. The highest BCUT2D eigenvalue weighted by Crippen LogP contribution is 2.32. The second kappa shape index (κ2) is 5.70. The molecule has 0 aliphatic rings. The summed E-state index contributed by atoms with van der Waals surface area (Å²) >= 11 is 17.8. The van der Waals surface area contributed by atoms with Crippen LogP contribution in [0.3, 0.4) is 0 Å². The minimum atomic E-state index is 0.284. The van der Waals surface area contributed by atoms with Crippen LogP contribution in [-0.2, 0) is 6.61 Å². The lowest BCUT2D eigenvalue weighted by atomic mass is 10.2. The Morgan fingerprint density at radius 3 is 2.61 bits per heavy atom. The summed E-state index contributed by atoms with van der Waals surface area (Å²) in [6.45, 7) is 0.284. The lowest BCUT2D eigenvalue weighted by Crippen LogP contribution is -2.00. The van der Waals surface area contributed by atoms with Gasteiger partial charge in [0.1, 0.15) is 17.4 Å². The van der Waals surface area contributed by atoms with Crippen molar-refractivity contribution in [2.75, 3.05) is 5.73 Å². The van der Waals surface area contributed by atoms with Crippen LogP contribution in [0.25, 0.3) is 0 Å². The van der Waals surface area contributed by atoms with E-state index in [1.807, 2.05) is 0 Å². The standard InChI is InChI=1S/C13H10Cl3NO/c14-9-4-5-11(17)8(6-9)7-18-12-3-1-2-10(15)13(12)16/h1-6H,7,17H2. The van der Waals surface area contributed by atoms with Crippen molar-refractivity contribution in [3.63, 3.8) is 0 Å². The first-order chi connectivity index (χ1) is 8.58. The highest BCUT2D eigenvalue weighted by atomic mass is 35.5.